The fourth-order valence-electron chi connectivity index (χ4n) is 4.11. The van der Waals surface area contributed by atoms with Crippen molar-refractivity contribution in [3.05, 3.63) is 16.1 Å². The minimum Gasteiger partial charge on any atom is -0.340 e. The minimum absolute atomic E-state index is 0.306. The van der Waals surface area contributed by atoms with E-state index in [0.29, 0.717) is 17.4 Å². The third-order valence-corrected chi connectivity index (χ3v) is 6.39. The van der Waals surface area contributed by atoms with E-state index in [4.69, 9.17) is 4.98 Å². The van der Waals surface area contributed by atoms with Gasteiger partial charge >= 0.3 is 0 Å². The van der Waals surface area contributed by atoms with Gasteiger partial charge in [-0.05, 0) is 46.1 Å². The first kappa shape index (κ1) is 16.9. The molecule has 0 saturated carbocycles. The highest BCUT2D eigenvalue weighted by molar-refractivity contribution is 7.09. The molecule has 23 heavy (non-hydrogen) atoms. The molecule has 5 heteroatoms. The van der Waals surface area contributed by atoms with Crippen LogP contribution in [0, 0.1) is 5.41 Å². The Balaban J connectivity index is 1.66. The number of piperidine rings is 2. The Labute approximate surface area is 143 Å². The summed E-state index contributed by atoms with van der Waals surface area (Å²) in [5.41, 5.74) is 1.52. The maximum Gasteiger partial charge on any atom is 0.222 e. The van der Waals surface area contributed by atoms with Crippen LogP contribution >= 0.6 is 11.3 Å². The van der Waals surface area contributed by atoms with Gasteiger partial charge in [0.15, 0.2) is 0 Å². The van der Waals surface area contributed by atoms with Crippen LogP contribution in [0.1, 0.15) is 57.2 Å². The largest absolute Gasteiger partial charge is 0.340 e. The third-order valence-electron chi connectivity index (χ3n) is 5.35. The number of thiazole rings is 1. The average Bonchev–Trinajstić information content (AvgIpc) is 2.98. The summed E-state index contributed by atoms with van der Waals surface area (Å²) < 4.78 is 0. The topological polar surface area (TPSA) is 36.4 Å². The van der Waals surface area contributed by atoms with E-state index >= 15 is 0 Å². The SMILES string of the molecule is CCc1nc(CN2CCC[C@@]3(CCC(=O)N(C(C)C)C3)C2)cs1. The molecular weight excluding hydrogens is 306 g/mol. The molecule has 1 aromatic heterocycles. The summed E-state index contributed by atoms with van der Waals surface area (Å²) in [6, 6.07) is 0.320. The van der Waals surface area contributed by atoms with Crippen LogP contribution in [0.3, 0.4) is 0 Å². The summed E-state index contributed by atoms with van der Waals surface area (Å²) in [5.74, 6) is 0.342. The highest BCUT2D eigenvalue weighted by Crippen LogP contribution is 2.39. The van der Waals surface area contributed by atoms with Crippen LogP contribution < -0.4 is 0 Å². The molecule has 0 unspecified atom stereocenters. The Morgan fingerprint density at radius 3 is 2.87 bits per heavy atom. The van der Waals surface area contributed by atoms with E-state index in [-0.39, 0.29) is 0 Å². The number of nitrogens with zero attached hydrogens (tertiary/aromatic N) is 3. The van der Waals surface area contributed by atoms with Crippen molar-refractivity contribution in [2.75, 3.05) is 19.6 Å². The molecule has 3 rings (SSSR count). The second-order valence-electron chi connectivity index (χ2n) is 7.52. The second-order valence-corrected chi connectivity index (χ2v) is 8.46. The molecule has 0 radical (unpaired) electrons. The number of carbonyl (C=O) groups is 1. The van der Waals surface area contributed by atoms with Gasteiger partial charge in [-0.3, -0.25) is 9.69 Å². The molecule has 0 bridgehead atoms. The Bertz CT molecular complexity index is 556. The lowest BCUT2D eigenvalue weighted by atomic mass is 9.73. The van der Waals surface area contributed by atoms with Crippen molar-refractivity contribution < 1.29 is 4.79 Å². The first-order valence-corrected chi connectivity index (χ1v) is 9.84. The van der Waals surface area contributed by atoms with Crippen LogP contribution in [0.2, 0.25) is 0 Å². The number of hydrogen-bond donors (Lipinski definition) is 0. The van der Waals surface area contributed by atoms with E-state index < -0.39 is 0 Å². The van der Waals surface area contributed by atoms with E-state index in [1.807, 2.05) is 0 Å². The summed E-state index contributed by atoms with van der Waals surface area (Å²) in [6.45, 7) is 10.6. The molecule has 2 saturated heterocycles. The second kappa shape index (κ2) is 6.89. The summed E-state index contributed by atoms with van der Waals surface area (Å²) in [6.07, 6.45) is 5.31. The van der Waals surface area contributed by atoms with Crippen LogP contribution in [-0.2, 0) is 17.8 Å². The summed E-state index contributed by atoms with van der Waals surface area (Å²) in [4.78, 5) is 21.6. The first-order valence-electron chi connectivity index (χ1n) is 8.96. The predicted molar refractivity (Wildman–Crippen MR) is 94.5 cm³/mol. The maximum atomic E-state index is 12.2. The molecule has 0 aliphatic carbocycles. The zero-order valence-corrected chi connectivity index (χ0v) is 15.5. The number of rotatable bonds is 4. The minimum atomic E-state index is 0.306. The molecular formula is C18H29N3OS. The monoisotopic (exact) mass is 335 g/mol. The van der Waals surface area contributed by atoms with Crippen LogP contribution in [0.5, 0.6) is 0 Å². The van der Waals surface area contributed by atoms with E-state index in [0.717, 1.165) is 45.4 Å². The molecule has 2 fully saturated rings. The van der Waals surface area contributed by atoms with Gasteiger partial charge in [-0.1, -0.05) is 6.92 Å². The first-order chi connectivity index (χ1) is 11.0. The molecule has 1 spiro atoms. The number of carbonyl (C=O) groups excluding carboxylic acids is 1. The third kappa shape index (κ3) is 3.77. The van der Waals surface area contributed by atoms with E-state index in [1.165, 1.54) is 23.5 Å². The number of aryl methyl sites for hydroxylation is 1. The highest BCUT2D eigenvalue weighted by Gasteiger charge is 2.42. The van der Waals surface area contributed by atoms with E-state index in [9.17, 15) is 4.79 Å². The zero-order chi connectivity index (χ0) is 16.4. The summed E-state index contributed by atoms with van der Waals surface area (Å²) in [7, 11) is 0. The maximum absolute atomic E-state index is 12.2. The number of likely N-dealkylation sites (tertiary alicyclic amines) is 2. The van der Waals surface area contributed by atoms with Gasteiger partial charge in [0.2, 0.25) is 5.91 Å². The zero-order valence-electron chi connectivity index (χ0n) is 14.7. The van der Waals surface area contributed by atoms with Crippen LogP contribution in [0.4, 0.5) is 0 Å². The Hall–Kier alpha value is -0.940. The summed E-state index contributed by atoms with van der Waals surface area (Å²) in [5, 5.41) is 3.45. The van der Waals surface area contributed by atoms with Crippen LogP contribution in [0.25, 0.3) is 0 Å². The van der Waals surface area contributed by atoms with Crippen molar-refractivity contribution in [2.45, 2.75) is 65.5 Å². The van der Waals surface area contributed by atoms with Crippen LogP contribution in [0.15, 0.2) is 5.38 Å². The van der Waals surface area contributed by atoms with Gasteiger partial charge in [0, 0.05) is 42.9 Å². The van der Waals surface area contributed by atoms with Gasteiger partial charge in [0.1, 0.15) is 0 Å². The van der Waals surface area contributed by atoms with Crippen molar-refractivity contribution in [2.24, 2.45) is 5.41 Å². The molecule has 1 amide bonds. The Morgan fingerprint density at radius 2 is 2.17 bits per heavy atom. The average molecular weight is 336 g/mol. The van der Waals surface area contributed by atoms with Crippen molar-refractivity contribution in [1.29, 1.82) is 0 Å². The highest BCUT2D eigenvalue weighted by atomic mass is 32.1. The Morgan fingerprint density at radius 1 is 1.35 bits per heavy atom. The fraction of sp³-hybridized carbons (Fsp3) is 0.778. The molecule has 0 aromatic carbocycles. The molecule has 1 aromatic rings. The molecule has 2 aliphatic rings. The molecule has 128 valence electrons. The number of amides is 1. The lowest BCUT2D eigenvalue weighted by Gasteiger charge is -2.49. The molecule has 1 atom stereocenters. The van der Waals surface area contributed by atoms with Gasteiger partial charge in [0.25, 0.3) is 0 Å². The summed E-state index contributed by atoms with van der Waals surface area (Å²) >= 11 is 1.78. The smallest absolute Gasteiger partial charge is 0.222 e. The molecule has 2 aliphatic heterocycles. The number of hydrogen-bond acceptors (Lipinski definition) is 4. The predicted octanol–water partition coefficient (Wildman–Crippen LogP) is 3.32. The van der Waals surface area contributed by atoms with Crippen molar-refractivity contribution in [3.8, 4) is 0 Å². The van der Waals surface area contributed by atoms with Gasteiger partial charge in [-0.15, -0.1) is 11.3 Å². The van der Waals surface area contributed by atoms with Crippen molar-refractivity contribution >= 4 is 17.2 Å². The van der Waals surface area contributed by atoms with E-state index in [1.54, 1.807) is 11.3 Å². The van der Waals surface area contributed by atoms with Crippen molar-refractivity contribution in [1.82, 2.24) is 14.8 Å². The lowest BCUT2D eigenvalue weighted by Crippen LogP contribution is -2.55. The van der Waals surface area contributed by atoms with Gasteiger partial charge in [-0.25, -0.2) is 4.98 Å². The van der Waals surface area contributed by atoms with Gasteiger partial charge < -0.3 is 4.90 Å². The standard InChI is InChI=1S/C18H29N3OS/c1-4-16-19-15(11-23-16)10-20-9-5-7-18(12-20)8-6-17(22)21(13-18)14(2)3/h11,14H,4-10,12-13H2,1-3H3/t18-/m1/s1. The van der Waals surface area contributed by atoms with Gasteiger partial charge in [-0.2, -0.15) is 0 Å². The molecule has 4 nitrogen and oxygen atoms in total. The van der Waals surface area contributed by atoms with Gasteiger partial charge in [0.05, 0.1) is 10.7 Å². The van der Waals surface area contributed by atoms with E-state index in [2.05, 4.69) is 36.0 Å². The van der Waals surface area contributed by atoms with Crippen molar-refractivity contribution in [3.63, 3.8) is 0 Å². The molecule has 3 heterocycles. The molecule has 0 N–H and O–H groups in total. The quantitative estimate of drug-likeness (QED) is 0.847. The fourth-order valence-corrected chi connectivity index (χ4v) is 4.84. The normalized spacial score (nSPS) is 26.4. The number of aromatic nitrogens is 1. The lowest BCUT2D eigenvalue weighted by molar-refractivity contribution is -0.141. The Kier molecular flexibility index (Phi) is 5.07. The van der Waals surface area contributed by atoms with Crippen LogP contribution in [-0.4, -0.2) is 46.4 Å².